The molecule has 6 heteroatoms. The Kier molecular flexibility index (Phi) is 5.94. The Balaban J connectivity index is 1.62. The molecule has 0 amide bonds. The largest absolute Gasteiger partial charge is 0.391 e. The fourth-order valence-electron chi connectivity index (χ4n) is 2.88. The van der Waals surface area contributed by atoms with E-state index in [0.29, 0.717) is 12.3 Å². The molecule has 1 aliphatic heterocycles. The molecule has 0 saturated carbocycles. The Hall–Kier alpha value is -1.34. The van der Waals surface area contributed by atoms with Crippen LogP contribution in [0.2, 0.25) is 0 Å². The number of hydrogen-bond donors (Lipinski definition) is 1. The second kappa shape index (κ2) is 8.16. The molecule has 0 radical (unpaired) electrons. The van der Waals surface area contributed by atoms with Gasteiger partial charge in [-0.2, -0.15) is 0 Å². The van der Waals surface area contributed by atoms with Crippen molar-refractivity contribution >= 4 is 11.8 Å². The van der Waals surface area contributed by atoms with E-state index in [4.69, 9.17) is 4.74 Å². The summed E-state index contributed by atoms with van der Waals surface area (Å²) in [4.78, 5) is 6.72. The molecule has 0 aliphatic carbocycles. The molecule has 1 aromatic carbocycles. The van der Waals surface area contributed by atoms with Gasteiger partial charge in [-0.1, -0.05) is 23.9 Å². The predicted molar refractivity (Wildman–Crippen MR) is 97.0 cm³/mol. The third kappa shape index (κ3) is 4.19. The molecule has 130 valence electrons. The molecule has 1 saturated heterocycles. The van der Waals surface area contributed by atoms with E-state index in [0.717, 1.165) is 37.1 Å². The molecule has 1 aromatic heterocycles. The fraction of sp³-hybridized carbons (Fsp3) is 0.500. The normalized spacial score (nSPS) is 17.1. The molecule has 0 bridgehead atoms. The quantitative estimate of drug-likeness (QED) is 0.813. The number of morpholine rings is 1. The van der Waals surface area contributed by atoms with Crippen LogP contribution in [-0.2, 0) is 4.74 Å². The van der Waals surface area contributed by atoms with Crippen LogP contribution in [0.25, 0.3) is 5.69 Å². The van der Waals surface area contributed by atoms with E-state index in [9.17, 15) is 5.11 Å². The van der Waals surface area contributed by atoms with Crippen LogP contribution in [-0.4, -0.2) is 64.3 Å². The lowest BCUT2D eigenvalue weighted by molar-refractivity contribution is 0.0188. The summed E-state index contributed by atoms with van der Waals surface area (Å²) in [6.45, 7) is 8.27. The van der Waals surface area contributed by atoms with Crippen molar-refractivity contribution in [3.8, 4) is 5.69 Å². The lowest BCUT2D eigenvalue weighted by Crippen LogP contribution is -2.41. The smallest absolute Gasteiger partial charge is 0.172 e. The van der Waals surface area contributed by atoms with Gasteiger partial charge in [0.2, 0.25) is 0 Å². The third-order valence-electron chi connectivity index (χ3n) is 4.42. The Morgan fingerprint density at radius 2 is 2.08 bits per heavy atom. The van der Waals surface area contributed by atoms with Crippen LogP contribution in [0.15, 0.2) is 35.7 Å². The van der Waals surface area contributed by atoms with Crippen LogP contribution in [0.3, 0.4) is 0 Å². The topological polar surface area (TPSA) is 50.5 Å². The first kappa shape index (κ1) is 17.5. The van der Waals surface area contributed by atoms with Crippen LogP contribution < -0.4 is 0 Å². The van der Waals surface area contributed by atoms with Crippen LogP contribution in [0.5, 0.6) is 0 Å². The maximum Gasteiger partial charge on any atom is 0.172 e. The number of aliphatic hydroxyl groups excluding tert-OH is 1. The maximum atomic E-state index is 10.3. The van der Waals surface area contributed by atoms with Gasteiger partial charge in [-0.25, -0.2) is 4.98 Å². The fourth-order valence-corrected chi connectivity index (χ4v) is 3.76. The molecule has 2 aromatic rings. The Morgan fingerprint density at radius 1 is 1.29 bits per heavy atom. The lowest BCUT2D eigenvalue weighted by atomic mass is 10.1. The highest BCUT2D eigenvalue weighted by Gasteiger charge is 2.16. The molecular formula is C18H25N3O2S. The van der Waals surface area contributed by atoms with Gasteiger partial charge in [-0.3, -0.25) is 9.47 Å². The van der Waals surface area contributed by atoms with Gasteiger partial charge in [0, 0.05) is 37.8 Å². The van der Waals surface area contributed by atoms with Crippen molar-refractivity contribution in [3.63, 3.8) is 0 Å². The summed E-state index contributed by atoms with van der Waals surface area (Å²) in [5, 5.41) is 11.2. The summed E-state index contributed by atoms with van der Waals surface area (Å²) < 4.78 is 7.45. The van der Waals surface area contributed by atoms with Crippen molar-refractivity contribution in [1.82, 2.24) is 14.5 Å². The average Bonchev–Trinajstić information content (AvgIpc) is 3.05. The highest BCUT2D eigenvalue weighted by atomic mass is 32.2. The van der Waals surface area contributed by atoms with E-state index in [1.54, 1.807) is 11.8 Å². The van der Waals surface area contributed by atoms with Gasteiger partial charge in [0.1, 0.15) is 0 Å². The zero-order valence-electron chi connectivity index (χ0n) is 14.3. The zero-order chi connectivity index (χ0) is 16.9. The monoisotopic (exact) mass is 347 g/mol. The highest BCUT2D eigenvalue weighted by Crippen LogP contribution is 2.24. The number of nitrogens with zero attached hydrogens (tertiary/aromatic N) is 3. The van der Waals surface area contributed by atoms with Crippen LogP contribution >= 0.6 is 11.8 Å². The van der Waals surface area contributed by atoms with Crippen LogP contribution in [0, 0.1) is 13.8 Å². The van der Waals surface area contributed by atoms with E-state index >= 15 is 0 Å². The lowest BCUT2D eigenvalue weighted by Gasteiger charge is -2.28. The number of hydrogen-bond acceptors (Lipinski definition) is 5. The Labute approximate surface area is 147 Å². The molecule has 24 heavy (non-hydrogen) atoms. The molecule has 1 atom stereocenters. The molecule has 1 N–H and O–H groups in total. The van der Waals surface area contributed by atoms with E-state index in [1.165, 1.54) is 11.1 Å². The van der Waals surface area contributed by atoms with Crippen molar-refractivity contribution in [2.45, 2.75) is 25.1 Å². The first-order valence-electron chi connectivity index (χ1n) is 8.36. The van der Waals surface area contributed by atoms with Crippen LogP contribution in [0.1, 0.15) is 11.1 Å². The van der Waals surface area contributed by atoms with Crippen LogP contribution in [0.4, 0.5) is 0 Å². The molecule has 0 spiro atoms. The standard InChI is InChI=1S/C18H25N3O2S/c1-14-4-3-5-17(15(14)2)21-7-6-19-18(21)24-13-16(22)12-20-8-10-23-11-9-20/h3-7,16,22H,8-13H2,1-2H3. The second-order valence-electron chi connectivity index (χ2n) is 6.18. The minimum Gasteiger partial charge on any atom is -0.391 e. The van der Waals surface area contributed by atoms with Gasteiger partial charge in [0.15, 0.2) is 5.16 Å². The van der Waals surface area contributed by atoms with E-state index in [-0.39, 0.29) is 6.10 Å². The Bertz CT molecular complexity index is 668. The maximum absolute atomic E-state index is 10.3. The number of aromatic nitrogens is 2. The Morgan fingerprint density at radius 3 is 2.88 bits per heavy atom. The highest BCUT2D eigenvalue weighted by molar-refractivity contribution is 7.99. The van der Waals surface area contributed by atoms with Gasteiger partial charge < -0.3 is 9.84 Å². The first-order valence-corrected chi connectivity index (χ1v) is 9.34. The van der Waals surface area contributed by atoms with Crippen molar-refractivity contribution in [2.24, 2.45) is 0 Å². The summed E-state index contributed by atoms with van der Waals surface area (Å²) in [5.41, 5.74) is 3.67. The molecule has 1 aliphatic rings. The average molecular weight is 347 g/mol. The van der Waals surface area contributed by atoms with Crippen molar-refractivity contribution in [1.29, 1.82) is 0 Å². The number of thioether (sulfide) groups is 1. The number of ether oxygens (including phenoxy) is 1. The molecule has 3 rings (SSSR count). The number of β-amino-alcohol motifs (C(OH)–C–C–N with tert-alkyl or cyclic N) is 1. The minimum atomic E-state index is -0.364. The van der Waals surface area contributed by atoms with Gasteiger partial charge in [0.05, 0.1) is 25.0 Å². The molecular weight excluding hydrogens is 322 g/mol. The number of aryl methyl sites for hydroxylation is 1. The minimum absolute atomic E-state index is 0.364. The van der Waals surface area contributed by atoms with Gasteiger partial charge >= 0.3 is 0 Å². The zero-order valence-corrected chi connectivity index (χ0v) is 15.1. The predicted octanol–water partition coefficient (Wildman–Crippen LogP) is 2.27. The SMILES string of the molecule is Cc1cccc(-n2ccnc2SCC(O)CN2CCOCC2)c1C. The van der Waals surface area contributed by atoms with Gasteiger partial charge in [-0.15, -0.1) is 0 Å². The van der Waals surface area contributed by atoms with E-state index < -0.39 is 0 Å². The van der Waals surface area contributed by atoms with Gasteiger partial charge in [0.25, 0.3) is 0 Å². The molecule has 1 fully saturated rings. The van der Waals surface area contributed by atoms with Crippen molar-refractivity contribution < 1.29 is 9.84 Å². The second-order valence-corrected chi connectivity index (χ2v) is 7.16. The number of rotatable bonds is 6. The number of aliphatic hydroxyl groups is 1. The van der Waals surface area contributed by atoms with E-state index in [2.05, 4.69) is 46.5 Å². The molecule has 5 nitrogen and oxygen atoms in total. The number of imidazole rings is 1. The summed E-state index contributed by atoms with van der Waals surface area (Å²) in [7, 11) is 0. The number of benzene rings is 1. The third-order valence-corrected chi connectivity index (χ3v) is 5.53. The van der Waals surface area contributed by atoms with Gasteiger partial charge in [-0.05, 0) is 31.0 Å². The summed E-state index contributed by atoms with van der Waals surface area (Å²) >= 11 is 1.60. The summed E-state index contributed by atoms with van der Waals surface area (Å²) in [6.07, 6.45) is 3.44. The molecule has 1 unspecified atom stereocenters. The van der Waals surface area contributed by atoms with E-state index in [1.807, 2.05) is 12.4 Å². The van der Waals surface area contributed by atoms with Crippen molar-refractivity contribution in [2.75, 3.05) is 38.6 Å². The molecule has 2 heterocycles. The first-order chi connectivity index (χ1) is 11.6. The van der Waals surface area contributed by atoms with Crippen molar-refractivity contribution in [3.05, 3.63) is 41.7 Å². The summed E-state index contributed by atoms with van der Waals surface area (Å²) in [5.74, 6) is 0.638. The summed E-state index contributed by atoms with van der Waals surface area (Å²) in [6, 6.07) is 6.30.